The maximum absolute atomic E-state index is 5.82. The Morgan fingerprint density at radius 2 is 2.06 bits per heavy atom. The van der Waals surface area contributed by atoms with Gasteiger partial charge in [-0.1, -0.05) is 0 Å². The summed E-state index contributed by atoms with van der Waals surface area (Å²) >= 11 is 0. The molecule has 0 aliphatic carbocycles. The van der Waals surface area contributed by atoms with E-state index >= 15 is 0 Å². The van der Waals surface area contributed by atoms with Crippen molar-refractivity contribution in [2.24, 2.45) is 5.73 Å². The molecule has 2 rings (SSSR count). The first-order valence-electron chi connectivity index (χ1n) is 5.54. The van der Waals surface area contributed by atoms with E-state index in [0.29, 0.717) is 0 Å². The van der Waals surface area contributed by atoms with Gasteiger partial charge in [-0.2, -0.15) is 0 Å². The lowest BCUT2D eigenvalue weighted by molar-refractivity contribution is 0.666. The van der Waals surface area contributed by atoms with Gasteiger partial charge in [0.05, 0.1) is 0 Å². The van der Waals surface area contributed by atoms with Crippen LogP contribution in [0.25, 0.3) is 0 Å². The van der Waals surface area contributed by atoms with Gasteiger partial charge in [0.1, 0.15) is 0 Å². The molecule has 0 aliphatic heterocycles. The van der Waals surface area contributed by atoms with E-state index in [4.69, 9.17) is 5.73 Å². The number of nitrogens with zero attached hydrogens (tertiary/aromatic N) is 2. The van der Waals surface area contributed by atoms with Crippen LogP contribution < -0.4 is 5.73 Å². The van der Waals surface area contributed by atoms with Crippen LogP contribution in [0, 0.1) is 0 Å². The van der Waals surface area contributed by atoms with Crippen LogP contribution in [0.5, 0.6) is 0 Å². The lowest BCUT2D eigenvalue weighted by Crippen LogP contribution is -2.20. The van der Waals surface area contributed by atoms with Crippen molar-refractivity contribution in [1.82, 2.24) is 9.55 Å². The van der Waals surface area contributed by atoms with Gasteiger partial charge >= 0.3 is 0 Å². The highest BCUT2D eigenvalue weighted by molar-refractivity contribution is 5.15. The van der Waals surface area contributed by atoms with E-state index in [1.165, 1.54) is 11.3 Å². The molecule has 2 N–H and O–H groups in total. The van der Waals surface area contributed by atoms with Crippen LogP contribution >= 0.6 is 0 Å². The Labute approximate surface area is 95.9 Å². The molecule has 0 amide bonds. The van der Waals surface area contributed by atoms with Crippen molar-refractivity contribution in [2.75, 3.05) is 0 Å². The molecule has 1 atom stereocenters. The van der Waals surface area contributed by atoms with Crippen molar-refractivity contribution in [3.63, 3.8) is 0 Å². The molecule has 16 heavy (non-hydrogen) atoms. The lowest BCUT2D eigenvalue weighted by Gasteiger charge is -2.11. The van der Waals surface area contributed by atoms with Crippen LogP contribution in [-0.4, -0.2) is 15.6 Å². The molecule has 84 valence electrons. The molecule has 0 saturated carbocycles. The zero-order valence-corrected chi connectivity index (χ0v) is 9.50. The van der Waals surface area contributed by atoms with Gasteiger partial charge in [-0.3, -0.25) is 4.98 Å². The quantitative estimate of drug-likeness (QED) is 0.845. The number of pyridine rings is 1. The van der Waals surface area contributed by atoms with Crippen molar-refractivity contribution in [3.8, 4) is 0 Å². The molecule has 3 nitrogen and oxygen atoms in total. The summed E-state index contributed by atoms with van der Waals surface area (Å²) in [6.45, 7) is 2.92. The van der Waals surface area contributed by atoms with E-state index in [-0.39, 0.29) is 6.04 Å². The second-order valence-corrected chi connectivity index (χ2v) is 4.16. The van der Waals surface area contributed by atoms with Crippen molar-refractivity contribution >= 4 is 0 Å². The summed E-state index contributed by atoms with van der Waals surface area (Å²) in [7, 11) is 0. The lowest BCUT2D eigenvalue weighted by atomic mass is 10.2. The molecule has 1 unspecified atom stereocenters. The minimum atomic E-state index is 0.200. The summed E-state index contributed by atoms with van der Waals surface area (Å²) in [6, 6.07) is 8.47. The van der Waals surface area contributed by atoms with Gasteiger partial charge in [0.15, 0.2) is 0 Å². The summed E-state index contributed by atoms with van der Waals surface area (Å²) in [5.74, 6) is 0. The summed E-state index contributed by atoms with van der Waals surface area (Å²) in [4.78, 5) is 4.02. The highest BCUT2D eigenvalue weighted by atomic mass is 15.0. The molecule has 3 heteroatoms. The molecule has 0 saturated heterocycles. The van der Waals surface area contributed by atoms with E-state index in [1.807, 2.05) is 31.5 Å². The van der Waals surface area contributed by atoms with E-state index in [2.05, 4.69) is 27.9 Å². The van der Waals surface area contributed by atoms with E-state index in [1.54, 1.807) is 0 Å². The predicted molar refractivity (Wildman–Crippen MR) is 65.1 cm³/mol. The van der Waals surface area contributed by atoms with Gasteiger partial charge in [-0.05, 0) is 36.8 Å². The number of nitrogens with two attached hydrogens (primary N) is 1. The van der Waals surface area contributed by atoms with E-state index in [9.17, 15) is 0 Å². The van der Waals surface area contributed by atoms with E-state index < -0.39 is 0 Å². The minimum absolute atomic E-state index is 0.200. The summed E-state index contributed by atoms with van der Waals surface area (Å²) < 4.78 is 2.23. The molecule has 2 aromatic heterocycles. The van der Waals surface area contributed by atoms with Gasteiger partial charge < -0.3 is 10.3 Å². The van der Waals surface area contributed by atoms with Crippen molar-refractivity contribution in [3.05, 3.63) is 54.1 Å². The molecule has 2 aromatic rings. The van der Waals surface area contributed by atoms with Gasteiger partial charge in [-0.25, -0.2) is 0 Å². The molecule has 0 aromatic carbocycles. The highest BCUT2D eigenvalue weighted by Gasteiger charge is 2.04. The summed E-state index contributed by atoms with van der Waals surface area (Å²) in [5.41, 5.74) is 8.37. The number of rotatable bonds is 4. The average Bonchev–Trinajstić information content (AvgIpc) is 2.66. The third-order valence-corrected chi connectivity index (χ3v) is 2.56. The van der Waals surface area contributed by atoms with Crippen molar-refractivity contribution in [2.45, 2.75) is 25.9 Å². The van der Waals surface area contributed by atoms with Crippen LogP contribution in [0.15, 0.2) is 42.9 Å². The standard InChI is InChI=1S/C13H17N3/c1-11(14)9-13-3-2-8-16(13)10-12-4-6-15-7-5-12/h2-8,11H,9-10,14H2,1H3. The average molecular weight is 215 g/mol. The topological polar surface area (TPSA) is 43.8 Å². The number of aromatic nitrogens is 2. The number of hydrogen-bond donors (Lipinski definition) is 1. The monoisotopic (exact) mass is 215 g/mol. The minimum Gasteiger partial charge on any atom is -0.347 e. The summed E-state index contributed by atoms with van der Waals surface area (Å²) in [5, 5.41) is 0. The zero-order chi connectivity index (χ0) is 11.4. The molecule has 0 radical (unpaired) electrons. The van der Waals surface area contributed by atoms with Crippen molar-refractivity contribution in [1.29, 1.82) is 0 Å². The molecule has 0 fully saturated rings. The second kappa shape index (κ2) is 4.94. The third-order valence-electron chi connectivity index (χ3n) is 2.56. The normalized spacial score (nSPS) is 12.6. The van der Waals surface area contributed by atoms with Gasteiger partial charge in [0.2, 0.25) is 0 Å². The molecule has 0 spiro atoms. The van der Waals surface area contributed by atoms with Gasteiger partial charge in [0, 0.05) is 43.3 Å². The fourth-order valence-corrected chi connectivity index (χ4v) is 1.80. The Bertz CT molecular complexity index is 431. The SMILES string of the molecule is CC(N)Cc1cccn1Cc1ccncc1. The van der Waals surface area contributed by atoms with Gasteiger partial charge in [0.25, 0.3) is 0 Å². The Morgan fingerprint density at radius 1 is 1.31 bits per heavy atom. The highest BCUT2D eigenvalue weighted by Crippen LogP contribution is 2.08. The maximum Gasteiger partial charge on any atom is 0.0473 e. The van der Waals surface area contributed by atoms with Crippen molar-refractivity contribution < 1.29 is 0 Å². The Kier molecular flexibility index (Phi) is 3.37. The van der Waals surface area contributed by atoms with Crippen LogP contribution in [-0.2, 0) is 13.0 Å². The molecule has 2 heterocycles. The number of hydrogen-bond acceptors (Lipinski definition) is 2. The zero-order valence-electron chi connectivity index (χ0n) is 9.50. The second-order valence-electron chi connectivity index (χ2n) is 4.16. The Balaban J connectivity index is 2.13. The summed E-state index contributed by atoms with van der Waals surface area (Å²) in [6.07, 6.45) is 6.66. The van der Waals surface area contributed by atoms with E-state index in [0.717, 1.165) is 13.0 Å². The molecule has 0 bridgehead atoms. The van der Waals surface area contributed by atoms with Gasteiger partial charge in [-0.15, -0.1) is 0 Å². The third kappa shape index (κ3) is 2.70. The Morgan fingerprint density at radius 3 is 2.75 bits per heavy atom. The maximum atomic E-state index is 5.82. The van der Waals surface area contributed by atoms with Crippen LogP contribution in [0.2, 0.25) is 0 Å². The van der Waals surface area contributed by atoms with Crippen LogP contribution in [0.1, 0.15) is 18.2 Å². The molecular weight excluding hydrogens is 198 g/mol. The smallest absolute Gasteiger partial charge is 0.0473 e. The van der Waals surface area contributed by atoms with Crippen LogP contribution in [0.3, 0.4) is 0 Å². The largest absolute Gasteiger partial charge is 0.347 e. The van der Waals surface area contributed by atoms with Crippen LogP contribution in [0.4, 0.5) is 0 Å². The first-order chi connectivity index (χ1) is 7.75. The Hall–Kier alpha value is -1.61. The molecule has 0 aliphatic rings. The first-order valence-corrected chi connectivity index (χ1v) is 5.54. The molecular formula is C13H17N3. The fourth-order valence-electron chi connectivity index (χ4n) is 1.80. The fraction of sp³-hybridized carbons (Fsp3) is 0.308. The predicted octanol–water partition coefficient (Wildman–Crippen LogP) is 1.82. The first kappa shape index (κ1) is 10.9.